The second-order valence-electron chi connectivity index (χ2n) is 6.62. The minimum absolute atomic E-state index is 0.123. The summed E-state index contributed by atoms with van der Waals surface area (Å²) in [6.45, 7) is 4.28. The van der Waals surface area contributed by atoms with Crippen LogP contribution in [-0.4, -0.2) is 17.4 Å². The molecule has 4 nitrogen and oxygen atoms in total. The third kappa shape index (κ3) is 5.14. The summed E-state index contributed by atoms with van der Waals surface area (Å²) in [7, 11) is 0. The first-order valence-corrected chi connectivity index (χ1v) is 9.24. The fourth-order valence-electron chi connectivity index (χ4n) is 2.86. The molecule has 0 radical (unpaired) electrons. The Kier molecular flexibility index (Phi) is 6.37. The van der Waals surface area contributed by atoms with Gasteiger partial charge in [0.25, 0.3) is 5.91 Å². The monoisotopic (exact) mass is 401 g/mol. The first-order chi connectivity index (χ1) is 13.4. The fraction of sp³-hybridized carbons (Fsp3) is 0.227. The number of amides is 1. The number of rotatable bonds is 7. The molecule has 0 aliphatic heterocycles. The highest BCUT2D eigenvalue weighted by molar-refractivity contribution is 6.32. The van der Waals surface area contributed by atoms with Crippen LogP contribution in [0.2, 0.25) is 5.02 Å². The van der Waals surface area contributed by atoms with Gasteiger partial charge in [-0.2, -0.15) is 0 Å². The number of halogens is 2. The lowest BCUT2D eigenvalue weighted by Crippen LogP contribution is -2.34. The van der Waals surface area contributed by atoms with E-state index in [4.69, 9.17) is 20.8 Å². The molecule has 0 saturated heterocycles. The van der Waals surface area contributed by atoms with Gasteiger partial charge in [-0.15, -0.1) is 0 Å². The number of hydrogen-bond acceptors (Lipinski definition) is 3. The molecule has 2 aromatic carbocycles. The molecule has 0 unspecified atom stereocenters. The number of carbonyl (C=O) groups is 1. The van der Waals surface area contributed by atoms with Crippen molar-refractivity contribution in [3.8, 4) is 5.75 Å². The second-order valence-corrected chi connectivity index (χ2v) is 6.99. The Morgan fingerprint density at radius 1 is 1.11 bits per heavy atom. The van der Waals surface area contributed by atoms with Crippen molar-refractivity contribution in [3.05, 3.63) is 88.1 Å². The predicted octanol–water partition coefficient (Wildman–Crippen LogP) is 5.30. The number of hydrogen-bond donors (Lipinski definition) is 0. The van der Waals surface area contributed by atoms with E-state index in [0.29, 0.717) is 29.6 Å². The van der Waals surface area contributed by atoms with Gasteiger partial charge in [-0.25, -0.2) is 4.39 Å². The largest absolute Gasteiger partial charge is 0.484 e. The van der Waals surface area contributed by atoms with Gasteiger partial charge >= 0.3 is 0 Å². The van der Waals surface area contributed by atoms with E-state index < -0.39 is 0 Å². The van der Waals surface area contributed by atoms with Crippen LogP contribution >= 0.6 is 11.6 Å². The van der Waals surface area contributed by atoms with Gasteiger partial charge in [0, 0.05) is 11.6 Å². The summed E-state index contributed by atoms with van der Waals surface area (Å²) in [4.78, 5) is 14.4. The number of ether oxygens (including phenoxy) is 1. The lowest BCUT2D eigenvalue weighted by atomic mass is 10.1. The van der Waals surface area contributed by atoms with Crippen molar-refractivity contribution in [1.82, 2.24) is 4.90 Å². The molecule has 6 heteroatoms. The molecule has 0 atom stereocenters. The van der Waals surface area contributed by atoms with E-state index in [0.717, 1.165) is 16.7 Å². The van der Waals surface area contributed by atoms with Gasteiger partial charge in [0.05, 0.1) is 12.8 Å². The van der Waals surface area contributed by atoms with E-state index in [1.807, 2.05) is 13.8 Å². The Morgan fingerprint density at radius 2 is 1.79 bits per heavy atom. The number of nitrogens with zero attached hydrogens (tertiary/aromatic N) is 1. The molecule has 0 spiro atoms. The lowest BCUT2D eigenvalue weighted by molar-refractivity contribution is -0.134. The fourth-order valence-corrected chi connectivity index (χ4v) is 2.97. The zero-order chi connectivity index (χ0) is 20.1. The minimum Gasteiger partial charge on any atom is -0.484 e. The standard InChI is InChI=1S/C22H21ClFNO3/c1-15-10-20(11-16(2)22(15)23)28-14-21(26)25(13-19-4-3-9-27-19)12-17-5-7-18(24)8-6-17/h3-11H,12-14H2,1-2H3. The molecule has 3 aromatic rings. The molecule has 0 aliphatic rings. The van der Waals surface area contributed by atoms with E-state index in [-0.39, 0.29) is 18.3 Å². The van der Waals surface area contributed by atoms with Crippen LogP contribution in [0.1, 0.15) is 22.5 Å². The Bertz CT molecular complexity index is 916. The summed E-state index contributed by atoms with van der Waals surface area (Å²) in [5.74, 6) is 0.733. The summed E-state index contributed by atoms with van der Waals surface area (Å²) in [6.07, 6.45) is 1.56. The number of benzene rings is 2. The molecule has 3 rings (SSSR count). The van der Waals surface area contributed by atoms with Crippen molar-refractivity contribution >= 4 is 17.5 Å². The highest BCUT2D eigenvalue weighted by atomic mass is 35.5. The molecule has 0 fully saturated rings. The highest BCUT2D eigenvalue weighted by Gasteiger charge is 2.17. The molecular weight excluding hydrogens is 381 g/mol. The van der Waals surface area contributed by atoms with Gasteiger partial charge in [-0.3, -0.25) is 4.79 Å². The first kappa shape index (κ1) is 20.0. The van der Waals surface area contributed by atoms with Crippen LogP contribution in [0.15, 0.2) is 59.2 Å². The maximum Gasteiger partial charge on any atom is 0.261 e. The summed E-state index contributed by atoms with van der Waals surface area (Å²) in [5.41, 5.74) is 2.60. The van der Waals surface area contributed by atoms with Crippen molar-refractivity contribution in [1.29, 1.82) is 0 Å². The quantitative estimate of drug-likeness (QED) is 0.539. The van der Waals surface area contributed by atoms with E-state index in [1.54, 1.807) is 47.6 Å². The van der Waals surface area contributed by atoms with Crippen molar-refractivity contribution in [2.75, 3.05) is 6.61 Å². The van der Waals surface area contributed by atoms with E-state index in [1.165, 1.54) is 12.1 Å². The molecule has 1 heterocycles. The van der Waals surface area contributed by atoms with Crippen molar-refractivity contribution in [2.24, 2.45) is 0 Å². The molecule has 0 saturated carbocycles. The lowest BCUT2D eigenvalue weighted by Gasteiger charge is -2.22. The zero-order valence-electron chi connectivity index (χ0n) is 15.7. The number of aryl methyl sites for hydroxylation is 2. The molecule has 28 heavy (non-hydrogen) atoms. The second kappa shape index (κ2) is 8.93. The molecule has 0 N–H and O–H groups in total. The smallest absolute Gasteiger partial charge is 0.261 e. The summed E-state index contributed by atoms with van der Waals surface area (Å²) < 4.78 is 24.2. The Hall–Kier alpha value is -2.79. The average molecular weight is 402 g/mol. The van der Waals surface area contributed by atoms with Crippen LogP contribution in [0.5, 0.6) is 5.75 Å². The van der Waals surface area contributed by atoms with E-state index in [2.05, 4.69) is 0 Å². The third-order valence-corrected chi connectivity index (χ3v) is 4.93. The maximum atomic E-state index is 13.2. The zero-order valence-corrected chi connectivity index (χ0v) is 16.5. The maximum absolute atomic E-state index is 13.2. The van der Waals surface area contributed by atoms with Gasteiger partial charge in [0.2, 0.25) is 0 Å². The Labute approximate surface area is 168 Å². The summed E-state index contributed by atoms with van der Waals surface area (Å²) in [5, 5.41) is 0.689. The summed E-state index contributed by atoms with van der Waals surface area (Å²) in [6, 6.07) is 13.2. The molecule has 146 valence electrons. The van der Waals surface area contributed by atoms with E-state index in [9.17, 15) is 9.18 Å². The predicted molar refractivity (Wildman–Crippen MR) is 106 cm³/mol. The molecule has 1 amide bonds. The summed E-state index contributed by atoms with van der Waals surface area (Å²) >= 11 is 6.18. The van der Waals surface area contributed by atoms with Crippen LogP contribution in [0.3, 0.4) is 0 Å². The number of carbonyl (C=O) groups excluding carboxylic acids is 1. The third-order valence-electron chi connectivity index (χ3n) is 4.34. The molecular formula is C22H21ClFNO3. The van der Waals surface area contributed by atoms with E-state index >= 15 is 0 Å². The molecule has 0 aliphatic carbocycles. The van der Waals surface area contributed by atoms with Crippen LogP contribution in [0, 0.1) is 19.7 Å². The SMILES string of the molecule is Cc1cc(OCC(=O)N(Cc2ccc(F)cc2)Cc2ccco2)cc(C)c1Cl. The van der Waals surface area contributed by atoms with Crippen molar-refractivity contribution in [3.63, 3.8) is 0 Å². The Morgan fingerprint density at radius 3 is 2.39 bits per heavy atom. The van der Waals surface area contributed by atoms with Crippen molar-refractivity contribution < 1.29 is 18.3 Å². The van der Waals surface area contributed by atoms with Crippen LogP contribution in [0.4, 0.5) is 4.39 Å². The number of furan rings is 1. The van der Waals surface area contributed by atoms with Gasteiger partial charge in [-0.05, 0) is 66.9 Å². The molecule has 0 bridgehead atoms. The van der Waals surface area contributed by atoms with Gasteiger partial charge in [-0.1, -0.05) is 23.7 Å². The van der Waals surface area contributed by atoms with Crippen LogP contribution in [0.25, 0.3) is 0 Å². The van der Waals surface area contributed by atoms with Crippen molar-refractivity contribution in [2.45, 2.75) is 26.9 Å². The normalized spacial score (nSPS) is 10.7. The van der Waals surface area contributed by atoms with Crippen LogP contribution < -0.4 is 4.74 Å². The minimum atomic E-state index is -0.315. The van der Waals surface area contributed by atoms with Crippen LogP contribution in [-0.2, 0) is 17.9 Å². The Balaban J connectivity index is 1.71. The van der Waals surface area contributed by atoms with Gasteiger partial charge in [0.1, 0.15) is 17.3 Å². The molecule has 1 aromatic heterocycles. The topological polar surface area (TPSA) is 42.7 Å². The first-order valence-electron chi connectivity index (χ1n) is 8.86. The average Bonchev–Trinajstić information content (AvgIpc) is 3.18. The highest BCUT2D eigenvalue weighted by Crippen LogP contribution is 2.26. The van der Waals surface area contributed by atoms with Gasteiger partial charge in [0.15, 0.2) is 6.61 Å². The van der Waals surface area contributed by atoms with Gasteiger partial charge < -0.3 is 14.1 Å².